The molecule has 5 rings (SSSR count). The van der Waals surface area contributed by atoms with E-state index in [1.807, 2.05) is 25.1 Å². The van der Waals surface area contributed by atoms with Gasteiger partial charge in [0.1, 0.15) is 17.7 Å². The van der Waals surface area contributed by atoms with Crippen LogP contribution in [-0.4, -0.2) is 11.0 Å². The molecule has 6 heteroatoms. The third-order valence-corrected chi connectivity index (χ3v) is 7.63. The zero-order valence-corrected chi connectivity index (χ0v) is 23.5. The summed E-state index contributed by atoms with van der Waals surface area (Å²) in [5.74, 6) is -0.642. The molecule has 0 N–H and O–H groups in total. The summed E-state index contributed by atoms with van der Waals surface area (Å²) in [7, 11) is 0. The topological polar surface area (TPSA) is 62.2 Å². The molecular formula is C30H31FNNaO3. The molecule has 0 radical (unpaired) electrons. The molecule has 1 saturated carbocycles. The van der Waals surface area contributed by atoms with Gasteiger partial charge in [0.25, 0.3) is 0 Å². The standard InChI is InChI=1S/C30H32FNO3.Na/c1-4-19-14-22(9-11-24(19)25-13-17(2)32-16-26(25)31)27-12-10-20-5-8-23(15-28(20)35-27)29(21-6-7-21)18(3)30(33)34;/h5,8-9,11,13-16,18,21,27,29H,4,6-7,10,12H2,1-3H3,(H,33,34);/q;+1/p-1/t18-,27?,29-;/m0./s1. The van der Waals surface area contributed by atoms with Crippen molar-refractivity contribution in [3.63, 3.8) is 0 Å². The first-order valence-corrected chi connectivity index (χ1v) is 12.6. The van der Waals surface area contributed by atoms with E-state index < -0.39 is 11.9 Å². The number of nitrogens with zero attached hydrogens (tertiary/aromatic N) is 1. The maximum atomic E-state index is 14.5. The smallest absolute Gasteiger partial charge is 0.550 e. The summed E-state index contributed by atoms with van der Waals surface area (Å²) in [6.07, 6.45) is 5.85. The zero-order valence-electron chi connectivity index (χ0n) is 21.5. The van der Waals surface area contributed by atoms with Crippen molar-refractivity contribution in [1.82, 2.24) is 4.98 Å². The van der Waals surface area contributed by atoms with Crippen molar-refractivity contribution < 1.29 is 48.6 Å². The molecule has 2 aromatic carbocycles. The van der Waals surface area contributed by atoms with E-state index in [0.717, 1.165) is 71.4 Å². The van der Waals surface area contributed by atoms with Crippen molar-refractivity contribution in [3.05, 3.63) is 82.4 Å². The Balaban J connectivity index is 0.00000304. The largest absolute Gasteiger partial charge is 1.00 e. The first-order valence-electron chi connectivity index (χ1n) is 12.6. The molecule has 182 valence electrons. The van der Waals surface area contributed by atoms with E-state index in [9.17, 15) is 14.3 Å². The maximum Gasteiger partial charge on any atom is 1.00 e. The molecule has 0 saturated heterocycles. The van der Waals surface area contributed by atoms with Crippen molar-refractivity contribution in [3.8, 4) is 16.9 Å². The quantitative estimate of drug-likeness (QED) is 0.473. The van der Waals surface area contributed by atoms with Gasteiger partial charge in [0, 0.05) is 23.1 Å². The number of hydrogen-bond donors (Lipinski definition) is 0. The molecule has 1 unspecified atom stereocenters. The van der Waals surface area contributed by atoms with Crippen LogP contribution in [0.5, 0.6) is 5.75 Å². The predicted molar refractivity (Wildman–Crippen MR) is 132 cm³/mol. The molecule has 1 fully saturated rings. The second-order valence-corrected chi connectivity index (χ2v) is 10.1. The number of carbonyl (C=O) groups is 1. The van der Waals surface area contributed by atoms with E-state index in [1.165, 1.54) is 6.20 Å². The van der Waals surface area contributed by atoms with Gasteiger partial charge in [-0.1, -0.05) is 44.2 Å². The Bertz CT molecular complexity index is 1270. The third kappa shape index (κ3) is 5.39. The molecule has 1 aromatic heterocycles. The average Bonchev–Trinajstić information content (AvgIpc) is 3.70. The Kier molecular flexibility index (Phi) is 8.23. The van der Waals surface area contributed by atoms with Crippen molar-refractivity contribution in [2.24, 2.45) is 11.8 Å². The maximum absolute atomic E-state index is 14.5. The SMILES string of the molecule is CCc1cc(C2CCc3ccc([C@H](C4CC4)[C@H](C)C(=O)[O-])cc3O2)ccc1-c1cc(C)ncc1F.[Na+]. The fourth-order valence-corrected chi connectivity index (χ4v) is 5.52. The molecule has 0 spiro atoms. The fraction of sp³-hybridized carbons (Fsp3) is 0.400. The van der Waals surface area contributed by atoms with Gasteiger partial charge in [0.2, 0.25) is 0 Å². The van der Waals surface area contributed by atoms with E-state index in [2.05, 4.69) is 30.1 Å². The van der Waals surface area contributed by atoms with Crippen LogP contribution in [0.4, 0.5) is 4.39 Å². The number of carboxylic acid groups (broad SMARTS) is 1. The van der Waals surface area contributed by atoms with Crippen LogP contribution in [0.15, 0.2) is 48.7 Å². The van der Waals surface area contributed by atoms with Gasteiger partial charge >= 0.3 is 29.6 Å². The Hall–Kier alpha value is -2.21. The fourth-order valence-electron chi connectivity index (χ4n) is 5.52. The number of aliphatic carboxylic acids is 1. The van der Waals surface area contributed by atoms with Gasteiger partial charge in [-0.2, -0.15) is 0 Å². The number of ether oxygens (including phenoxy) is 1. The molecule has 0 bridgehead atoms. The van der Waals surface area contributed by atoms with E-state index in [-0.39, 0.29) is 47.4 Å². The summed E-state index contributed by atoms with van der Waals surface area (Å²) in [4.78, 5) is 15.7. The number of benzene rings is 2. The number of carbonyl (C=O) groups excluding carboxylic acids is 1. The van der Waals surface area contributed by atoms with Crippen LogP contribution in [0.2, 0.25) is 0 Å². The van der Waals surface area contributed by atoms with Gasteiger partial charge in [-0.05, 0) is 90.8 Å². The minimum absolute atomic E-state index is 0. The summed E-state index contributed by atoms with van der Waals surface area (Å²) in [6.45, 7) is 5.70. The first kappa shape index (κ1) is 26.8. The third-order valence-electron chi connectivity index (χ3n) is 7.63. The Morgan fingerprint density at radius 1 is 1.14 bits per heavy atom. The van der Waals surface area contributed by atoms with Gasteiger partial charge in [0.15, 0.2) is 0 Å². The number of carboxylic acids is 1. The van der Waals surface area contributed by atoms with E-state index in [1.54, 1.807) is 13.0 Å². The molecule has 2 aliphatic rings. The van der Waals surface area contributed by atoms with Crippen molar-refractivity contribution in [2.45, 2.75) is 64.9 Å². The molecule has 3 atom stereocenters. The number of aryl methyl sites for hydroxylation is 3. The Labute approximate surface area is 234 Å². The summed E-state index contributed by atoms with van der Waals surface area (Å²) >= 11 is 0. The van der Waals surface area contributed by atoms with Crippen LogP contribution in [0, 0.1) is 24.6 Å². The minimum atomic E-state index is -0.994. The van der Waals surface area contributed by atoms with Crippen LogP contribution in [-0.2, 0) is 17.6 Å². The summed E-state index contributed by atoms with van der Waals surface area (Å²) < 4.78 is 21.0. The van der Waals surface area contributed by atoms with Crippen LogP contribution in [0.25, 0.3) is 11.1 Å². The van der Waals surface area contributed by atoms with Crippen molar-refractivity contribution in [2.75, 3.05) is 0 Å². The van der Waals surface area contributed by atoms with E-state index >= 15 is 0 Å². The monoisotopic (exact) mass is 495 g/mol. The average molecular weight is 496 g/mol. The van der Waals surface area contributed by atoms with Crippen molar-refractivity contribution in [1.29, 1.82) is 0 Å². The zero-order chi connectivity index (χ0) is 24.7. The summed E-state index contributed by atoms with van der Waals surface area (Å²) in [6, 6.07) is 14.2. The molecular weight excluding hydrogens is 464 g/mol. The second kappa shape index (κ2) is 11.0. The van der Waals surface area contributed by atoms with Gasteiger partial charge < -0.3 is 14.6 Å². The Morgan fingerprint density at radius 2 is 1.92 bits per heavy atom. The number of rotatable bonds is 7. The van der Waals surface area contributed by atoms with E-state index in [0.29, 0.717) is 11.5 Å². The second-order valence-electron chi connectivity index (χ2n) is 10.1. The van der Waals surface area contributed by atoms with Gasteiger partial charge in [-0.25, -0.2) is 4.39 Å². The summed E-state index contributed by atoms with van der Waals surface area (Å²) in [5, 5.41) is 11.6. The van der Waals surface area contributed by atoms with Crippen LogP contribution < -0.4 is 39.4 Å². The molecule has 1 aliphatic carbocycles. The van der Waals surface area contributed by atoms with E-state index in [4.69, 9.17) is 4.74 Å². The van der Waals surface area contributed by atoms with Gasteiger partial charge in [-0.3, -0.25) is 4.98 Å². The molecule has 2 heterocycles. The predicted octanol–water partition coefficient (Wildman–Crippen LogP) is 2.71. The first-order chi connectivity index (χ1) is 16.9. The molecule has 4 nitrogen and oxygen atoms in total. The van der Waals surface area contributed by atoms with Gasteiger partial charge in [-0.15, -0.1) is 0 Å². The number of halogens is 1. The summed E-state index contributed by atoms with van der Waals surface area (Å²) in [5.41, 5.74) is 6.59. The molecule has 0 amide bonds. The Morgan fingerprint density at radius 3 is 2.61 bits per heavy atom. The molecule has 3 aromatic rings. The van der Waals surface area contributed by atoms with Crippen LogP contribution >= 0.6 is 0 Å². The minimum Gasteiger partial charge on any atom is -0.550 e. The molecule has 1 aliphatic heterocycles. The number of pyridine rings is 1. The molecule has 36 heavy (non-hydrogen) atoms. The van der Waals surface area contributed by atoms with Crippen LogP contribution in [0.3, 0.4) is 0 Å². The van der Waals surface area contributed by atoms with Gasteiger partial charge in [0.05, 0.1) is 6.20 Å². The number of aromatic nitrogens is 1. The van der Waals surface area contributed by atoms with Crippen molar-refractivity contribution >= 4 is 5.97 Å². The number of hydrogen-bond acceptors (Lipinski definition) is 4. The normalized spacial score (nSPS) is 18.4. The van der Waals surface area contributed by atoms with Crippen LogP contribution in [0.1, 0.15) is 73.1 Å². The number of fused-ring (bicyclic) bond motifs is 1.